The molecule has 2 fully saturated rings. The highest BCUT2D eigenvalue weighted by molar-refractivity contribution is 6.33. The van der Waals surface area contributed by atoms with Gasteiger partial charge in [0.2, 0.25) is 0 Å². The molecule has 2 aromatic rings. The van der Waals surface area contributed by atoms with Crippen molar-refractivity contribution < 1.29 is 33.4 Å². The number of hydrogen-bond donors (Lipinski definition) is 0. The second-order valence-corrected chi connectivity index (χ2v) is 7.40. The van der Waals surface area contributed by atoms with E-state index in [1.807, 2.05) is 0 Å². The van der Waals surface area contributed by atoms with Crippen molar-refractivity contribution in [2.45, 2.75) is 37.9 Å². The Bertz CT molecular complexity index is 1010. The molecule has 0 unspecified atom stereocenters. The monoisotopic (exact) mass is 415 g/mol. The van der Waals surface area contributed by atoms with E-state index in [9.17, 15) is 19.5 Å². The van der Waals surface area contributed by atoms with E-state index in [4.69, 9.17) is 25.5 Å². The summed E-state index contributed by atoms with van der Waals surface area (Å²) in [5, 5.41) is 11.2. The van der Waals surface area contributed by atoms with Crippen molar-refractivity contribution in [3.63, 3.8) is 0 Å². The van der Waals surface area contributed by atoms with Gasteiger partial charge in [-0.15, -0.1) is 0 Å². The van der Waals surface area contributed by atoms with Crippen LogP contribution in [0.25, 0.3) is 17.4 Å². The van der Waals surface area contributed by atoms with E-state index < -0.39 is 23.7 Å². The van der Waals surface area contributed by atoms with Crippen LogP contribution in [0.4, 0.5) is 0 Å². The molecule has 2 aliphatic rings. The van der Waals surface area contributed by atoms with E-state index in [0.717, 1.165) is 19.3 Å². The van der Waals surface area contributed by atoms with E-state index in [0.29, 0.717) is 24.2 Å². The van der Waals surface area contributed by atoms with E-state index in [2.05, 4.69) is 0 Å². The number of ether oxygens (including phenoxy) is 2. The summed E-state index contributed by atoms with van der Waals surface area (Å²) >= 11 is 5.84. The zero-order valence-corrected chi connectivity index (χ0v) is 16.0. The average molecular weight is 416 g/mol. The van der Waals surface area contributed by atoms with Crippen molar-refractivity contribution in [1.82, 2.24) is 0 Å². The first-order valence-electron chi connectivity index (χ1n) is 9.16. The minimum Gasteiger partial charge on any atom is -0.545 e. The molecule has 0 amide bonds. The zero-order chi connectivity index (χ0) is 20.6. The van der Waals surface area contributed by atoms with Crippen molar-refractivity contribution in [3.05, 3.63) is 52.3 Å². The van der Waals surface area contributed by atoms with Crippen LogP contribution in [0.3, 0.4) is 0 Å². The highest BCUT2D eigenvalue weighted by Gasteiger charge is 2.46. The molecule has 1 aromatic heterocycles. The Labute approximate surface area is 170 Å². The summed E-state index contributed by atoms with van der Waals surface area (Å²) in [6.45, 7) is 0. The largest absolute Gasteiger partial charge is 0.545 e. The van der Waals surface area contributed by atoms with Crippen LogP contribution in [-0.2, 0) is 19.1 Å². The van der Waals surface area contributed by atoms with Gasteiger partial charge in [0.15, 0.2) is 0 Å². The third-order valence-corrected chi connectivity index (χ3v) is 5.33. The molecular weight excluding hydrogens is 400 g/mol. The summed E-state index contributed by atoms with van der Waals surface area (Å²) in [7, 11) is 0. The van der Waals surface area contributed by atoms with Crippen LogP contribution in [-0.4, -0.2) is 23.7 Å². The number of halogens is 1. The molecule has 2 heterocycles. The third kappa shape index (κ3) is 3.78. The quantitative estimate of drug-likeness (QED) is 0.430. The molecule has 29 heavy (non-hydrogen) atoms. The molecule has 0 bridgehead atoms. The Kier molecular flexibility index (Phi) is 4.92. The Hall–Kier alpha value is -3.06. The number of furan rings is 1. The highest BCUT2D eigenvalue weighted by atomic mass is 35.5. The normalized spacial score (nSPS) is 18.3. The van der Waals surface area contributed by atoms with E-state index in [1.165, 1.54) is 18.2 Å². The minimum absolute atomic E-state index is 0.0481. The topological polar surface area (TPSA) is 106 Å². The van der Waals surface area contributed by atoms with Gasteiger partial charge in [-0.25, -0.2) is 9.59 Å². The van der Waals surface area contributed by atoms with Gasteiger partial charge in [-0.1, -0.05) is 18.0 Å². The lowest BCUT2D eigenvalue weighted by Crippen LogP contribution is -2.47. The summed E-state index contributed by atoms with van der Waals surface area (Å²) in [6.07, 6.45) is 4.92. The smallest absolute Gasteiger partial charge is 0.349 e. The van der Waals surface area contributed by atoms with E-state index in [-0.39, 0.29) is 21.9 Å². The molecule has 1 aliphatic heterocycles. The van der Waals surface area contributed by atoms with Gasteiger partial charge >= 0.3 is 11.9 Å². The Morgan fingerprint density at radius 2 is 1.72 bits per heavy atom. The first kappa shape index (κ1) is 19.3. The fraction of sp³-hybridized carbons (Fsp3) is 0.286. The van der Waals surface area contributed by atoms with Crippen LogP contribution in [0, 0.1) is 0 Å². The number of carbonyl (C=O) groups excluding carboxylic acids is 3. The van der Waals surface area contributed by atoms with Gasteiger partial charge in [-0.2, -0.15) is 0 Å². The molecule has 1 aliphatic carbocycles. The number of rotatable bonds is 3. The van der Waals surface area contributed by atoms with Gasteiger partial charge in [-0.05, 0) is 43.2 Å². The van der Waals surface area contributed by atoms with Crippen molar-refractivity contribution in [1.29, 1.82) is 0 Å². The molecule has 1 saturated carbocycles. The van der Waals surface area contributed by atoms with Crippen LogP contribution in [0.5, 0.6) is 0 Å². The fourth-order valence-electron chi connectivity index (χ4n) is 3.53. The standard InChI is InChI=1S/C21H17ClO7/c22-16-6-4-12(10-14(16)18(23)24)17-7-5-13(27-17)11-15-19(25)28-21(29-20(15)26)8-2-1-3-9-21/h4-7,10-11H,1-3,8-9H2,(H,23,24)/p-1. The molecule has 1 saturated heterocycles. The Morgan fingerprint density at radius 3 is 2.38 bits per heavy atom. The van der Waals surface area contributed by atoms with E-state index in [1.54, 1.807) is 18.2 Å². The van der Waals surface area contributed by atoms with Crippen LogP contribution in [0.15, 0.2) is 40.3 Å². The molecule has 150 valence electrons. The first-order chi connectivity index (χ1) is 13.9. The summed E-state index contributed by atoms with van der Waals surface area (Å²) in [5.74, 6) is -3.50. The first-order valence-corrected chi connectivity index (χ1v) is 9.54. The van der Waals surface area contributed by atoms with Crippen molar-refractivity contribution in [2.24, 2.45) is 0 Å². The van der Waals surface area contributed by atoms with Gasteiger partial charge in [0.05, 0.1) is 5.97 Å². The summed E-state index contributed by atoms with van der Waals surface area (Å²) in [5.41, 5.74) is 0.0273. The predicted molar refractivity (Wildman–Crippen MR) is 99.5 cm³/mol. The van der Waals surface area contributed by atoms with Crippen LogP contribution in [0.1, 0.15) is 48.2 Å². The maximum absolute atomic E-state index is 12.4. The molecular formula is C21H16ClO7-. The number of benzene rings is 1. The molecule has 0 radical (unpaired) electrons. The maximum Gasteiger partial charge on any atom is 0.349 e. The SMILES string of the molecule is O=C1OC2(CCCCC2)OC(=O)C1=Cc1ccc(-c2ccc(Cl)c(C(=O)[O-])c2)o1. The van der Waals surface area contributed by atoms with Gasteiger partial charge in [0, 0.05) is 35.1 Å². The molecule has 0 atom stereocenters. The second-order valence-electron chi connectivity index (χ2n) is 6.99. The molecule has 0 N–H and O–H groups in total. The molecule has 4 rings (SSSR count). The molecule has 1 aromatic carbocycles. The molecule has 8 heteroatoms. The number of carbonyl (C=O) groups is 3. The number of carboxylic acid groups (broad SMARTS) is 1. The van der Waals surface area contributed by atoms with Crippen molar-refractivity contribution in [3.8, 4) is 11.3 Å². The molecule has 7 nitrogen and oxygen atoms in total. The summed E-state index contributed by atoms with van der Waals surface area (Å²) < 4.78 is 16.5. The number of esters is 2. The Balaban J connectivity index is 1.58. The van der Waals surface area contributed by atoms with Crippen molar-refractivity contribution in [2.75, 3.05) is 0 Å². The number of aromatic carboxylic acids is 1. The predicted octanol–water partition coefficient (Wildman–Crippen LogP) is 3.11. The summed E-state index contributed by atoms with van der Waals surface area (Å²) in [4.78, 5) is 35.9. The average Bonchev–Trinajstić information content (AvgIpc) is 3.14. The Morgan fingerprint density at radius 1 is 1.03 bits per heavy atom. The number of carboxylic acids is 1. The van der Waals surface area contributed by atoms with Gasteiger partial charge in [0.1, 0.15) is 17.1 Å². The van der Waals surface area contributed by atoms with Gasteiger partial charge in [0.25, 0.3) is 5.79 Å². The second kappa shape index (κ2) is 7.40. The van der Waals surface area contributed by atoms with Crippen molar-refractivity contribution >= 4 is 35.6 Å². The van der Waals surface area contributed by atoms with Gasteiger partial charge in [-0.3, -0.25) is 0 Å². The lowest BCUT2D eigenvalue weighted by Gasteiger charge is -2.38. The summed E-state index contributed by atoms with van der Waals surface area (Å²) in [6, 6.07) is 7.45. The number of hydrogen-bond acceptors (Lipinski definition) is 7. The zero-order valence-electron chi connectivity index (χ0n) is 15.2. The highest BCUT2D eigenvalue weighted by Crippen LogP contribution is 2.37. The maximum atomic E-state index is 12.4. The van der Waals surface area contributed by atoms with Crippen LogP contribution in [0.2, 0.25) is 5.02 Å². The lowest BCUT2D eigenvalue weighted by atomic mass is 9.93. The molecule has 1 spiro atoms. The van der Waals surface area contributed by atoms with Gasteiger partial charge < -0.3 is 23.8 Å². The van der Waals surface area contributed by atoms with E-state index >= 15 is 0 Å². The fourth-order valence-corrected chi connectivity index (χ4v) is 3.72. The van der Waals surface area contributed by atoms with Crippen LogP contribution < -0.4 is 5.11 Å². The third-order valence-electron chi connectivity index (χ3n) is 5.00. The lowest BCUT2D eigenvalue weighted by molar-refractivity contribution is -0.255. The minimum atomic E-state index is -1.41. The van der Waals surface area contributed by atoms with Crippen LogP contribution >= 0.6 is 11.6 Å².